The van der Waals surface area contributed by atoms with Gasteiger partial charge in [0, 0.05) is 0 Å². The average molecular weight is 238 g/mol. The van der Waals surface area contributed by atoms with Crippen LogP contribution in [0.1, 0.15) is 23.1 Å². The van der Waals surface area contributed by atoms with E-state index in [1.54, 1.807) is 6.07 Å². The van der Waals surface area contributed by atoms with E-state index in [0.29, 0.717) is 0 Å². The Kier molecular flexibility index (Phi) is 2.97. The molecular formula is C17H15F. The number of hydrogen-bond donors (Lipinski definition) is 0. The lowest BCUT2D eigenvalue weighted by atomic mass is 9.99. The van der Waals surface area contributed by atoms with Crippen LogP contribution in [0.5, 0.6) is 0 Å². The maximum Gasteiger partial charge on any atom is 0.126 e. The van der Waals surface area contributed by atoms with Crippen LogP contribution in [0.4, 0.5) is 4.39 Å². The molecule has 0 unspecified atom stereocenters. The maximum absolute atomic E-state index is 13.5. The highest BCUT2D eigenvalue weighted by Crippen LogP contribution is 2.30. The molecule has 1 aliphatic rings. The summed E-state index contributed by atoms with van der Waals surface area (Å²) >= 11 is 0. The van der Waals surface area contributed by atoms with E-state index < -0.39 is 0 Å². The third-order valence-corrected chi connectivity index (χ3v) is 3.55. The Labute approximate surface area is 107 Å². The molecule has 0 atom stereocenters. The monoisotopic (exact) mass is 238 g/mol. The van der Waals surface area contributed by atoms with Crippen molar-refractivity contribution in [3.05, 3.63) is 77.1 Å². The molecule has 2 aromatic rings. The molecule has 0 spiro atoms. The standard InChI is InChI=1S/C17H15F/c18-17-8-4-2-6-15(17)12-11-14-10-9-13-5-1-3-7-16(13)14/h1-8,10H,9,11-12H2. The second kappa shape index (κ2) is 4.77. The van der Waals surface area contributed by atoms with Crippen LogP contribution in [0, 0.1) is 5.82 Å². The minimum absolute atomic E-state index is 0.0932. The number of halogens is 1. The quantitative estimate of drug-likeness (QED) is 0.743. The molecule has 2 aromatic carbocycles. The lowest BCUT2D eigenvalue weighted by molar-refractivity contribution is 0.610. The molecule has 3 rings (SSSR count). The fourth-order valence-corrected chi connectivity index (χ4v) is 2.56. The van der Waals surface area contributed by atoms with Crippen molar-refractivity contribution in [3.8, 4) is 0 Å². The summed E-state index contributed by atoms with van der Waals surface area (Å²) in [6, 6.07) is 15.5. The molecule has 0 fully saturated rings. The van der Waals surface area contributed by atoms with Crippen LogP contribution < -0.4 is 0 Å². The van der Waals surface area contributed by atoms with Crippen molar-refractivity contribution in [2.24, 2.45) is 0 Å². The molecule has 18 heavy (non-hydrogen) atoms. The van der Waals surface area contributed by atoms with Gasteiger partial charge in [-0.05, 0) is 47.6 Å². The van der Waals surface area contributed by atoms with E-state index in [1.165, 1.54) is 22.8 Å². The summed E-state index contributed by atoms with van der Waals surface area (Å²) in [7, 11) is 0. The molecule has 0 nitrogen and oxygen atoms in total. The topological polar surface area (TPSA) is 0 Å². The van der Waals surface area contributed by atoms with Gasteiger partial charge in [-0.1, -0.05) is 48.5 Å². The predicted octanol–water partition coefficient (Wildman–Crippen LogP) is 4.40. The van der Waals surface area contributed by atoms with E-state index in [4.69, 9.17) is 0 Å². The summed E-state index contributed by atoms with van der Waals surface area (Å²) in [5, 5.41) is 0. The summed E-state index contributed by atoms with van der Waals surface area (Å²) in [6.07, 6.45) is 4.97. The van der Waals surface area contributed by atoms with Gasteiger partial charge in [-0.15, -0.1) is 0 Å². The minimum atomic E-state index is -0.0932. The number of hydrogen-bond acceptors (Lipinski definition) is 0. The largest absolute Gasteiger partial charge is 0.207 e. The van der Waals surface area contributed by atoms with Crippen molar-refractivity contribution >= 4 is 5.57 Å². The first-order valence-electron chi connectivity index (χ1n) is 6.35. The second-order valence-corrected chi connectivity index (χ2v) is 4.68. The Morgan fingerprint density at radius 3 is 2.56 bits per heavy atom. The molecule has 0 bridgehead atoms. The van der Waals surface area contributed by atoms with Gasteiger partial charge in [0.25, 0.3) is 0 Å². The summed E-state index contributed by atoms with van der Waals surface area (Å²) in [6.45, 7) is 0. The molecule has 0 aliphatic heterocycles. The van der Waals surface area contributed by atoms with Gasteiger partial charge < -0.3 is 0 Å². The van der Waals surface area contributed by atoms with Gasteiger partial charge in [0.1, 0.15) is 5.82 Å². The highest BCUT2D eigenvalue weighted by Gasteiger charge is 2.13. The molecule has 0 aromatic heterocycles. The number of rotatable bonds is 3. The molecule has 90 valence electrons. The Bertz CT molecular complexity index is 596. The maximum atomic E-state index is 13.5. The van der Waals surface area contributed by atoms with E-state index in [-0.39, 0.29) is 5.82 Å². The van der Waals surface area contributed by atoms with Crippen molar-refractivity contribution in [1.29, 1.82) is 0 Å². The Morgan fingerprint density at radius 1 is 0.889 bits per heavy atom. The lowest BCUT2D eigenvalue weighted by Gasteiger charge is -2.06. The molecule has 0 heterocycles. The third-order valence-electron chi connectivity index (χ3n) is 3.55. The predicted molar refractivity (Wildman–Crippen MR) is 72.8 cm³/mol. The van der Waals surface area contributed by atoms with E-state index in [2.05, 4.69) is 30.3 Å². The number of allylic oxidation sites excluding steroid dienone is 2. The van der Waals surface area contributed by atoms with Crippen LogP contribution in [0.15, 0.2) is 54.6 Å². The first-order chi connectivity index (χ1) is 8.84. The normalized spacial score (nSPS) is 13.3. The van der Waals surface area contributed by atoms with Crippen LogP contribution in [-0.4, -0.2) is 0 Å². The van der Waals surface area contributed by atoms with Crippen LogP contribution >= 0.6 is 0 Å². The first-order valence-corrected chi connectivity index (χ1v) is 6.35. The number of benzene rings is 2. The third kappa shape index (κ3) is 2.08. The molecule has 0 saturated heterocycles. The van der Waals surface area contributed by atoms with E-state index in [0.717, 1.165) is 24.8 Å². The molecule has 0 radical (unpaired) electrons. The Hall–Kier alpha value is -1.89. The first kappa shape index (κ1) is 11.2. The van der Waals surface area contributed by atoms with Gasteiger partial charge in [-0.25, -0.2) is 4.39 Å². The minimum Gasteiger partial charge on any atom is -0.207 e. The van der Waals surface area contributed by atoms with Gasteiger partial charge >= 0.3 is 0 Å². The van der Waals surface area contributed by atoms with Crippen LogP contribution in [-0.2, 0) is 12.8 Å². The number of fused-ring (bicyclic) bond motifs is 1. The molecule has 1 heteroatoms. The molecule has 0 amide bonds. The van der Waals surface area contributed by atoms with E-state index in [9.17, 15) is 4.39 Å². The number of aryl methyl sites for hydroxylation is 1. The highest BCUT2D eigenvalue weighted by atomic mass is 19.1. The van der Waals surface area contributed by atoms with Gasteiger partial charge in [0.05, 0.1) is 0 Å². The fraction of sp³-hybridized carbons (Fsp3) is 0.176. The van der Waals surface area contributed by atoms with Crippen molar-refractivity contribution in [2.45, 2.75) is 19.3 Å². The van der Waals surface area contributed by atoms with Gasteiger partial charge in [-0.3, -0.25) is 0 Å². The molecule has 0 N–H and O–H groups in total. The molecule has 0 saturated carbocycles. The smallest absolute Gasteiger partial charge is 0.126 e. The van der Waals surface area contributed by atoms with Crippen LogP contribution in [0.3, 0.4) is 0 Å². The van der Waals surface area contributed by atoms with Gasteiger partial charge in [0.15, 0.2) is 0 Å². The zero-order valence-corrected chi connectivity index (χ0v) is 10.2. The Balaban J connectivity index is 1.75. The average Bonchev–Trinajstić information content (AvgIpc) is 2.81. The van der Waals surface area contributed by atoms with Crippen molar-refractivity contribution in [1.82, 2.24) is 0 Å². The zero-order chi connectivity index (χ0) is 12.4. The van der Waals surface area contributed by atoms with Gasteiger partial charge in [0.2, 0.25) is 0 Å². The highest BCUT2D eigenvalue weighted by molar-refractivity contribution is 5.73. The summed E-state index contributed by atoms with van der Waals surface area (Å²) in [4.78, 5) is 0. The zero-order valence-electron chi connectivity index (χ0n) is 10.2. The van der Waals surface area contributed by atoms with Crippen LogP contribution in [0.2, 0.25) is 0 Å². The molecular weight excluding hydrogens is 223 g/mol. The van der Waals surface area contributed by atoms with E-state index >= 15 is 0 Å². The van der Waals surface area contributed by atoms with Crippen molar-refractivity contribution < 1.29 is 4.39 Å². The van der Waals surface area contributed by atoms with Gasteiger partial charge in [-0.2, -0.15) is 0 Å². The summed E-state index contributed by atoms with van der Waals surface area (Å²) < 4.78 is 13.5. The second-order valence-electron chi connectivity index (χ2n) is 4.68. The SMILES string of the molecule is Fc1ccccc1CCC1=CCc2ccccc21. The van der Waals surface area contributed by atoms with E-state index in [1.807, 2.05) is 12.1 Å². The van der Waals surface area contributed by atoms with Crippen molar-refractivity contribution in [2.75, 3.05) is 0 Å². The molecule has 1 aliphatic carbocycles. The summed E-state index contributed by atoms with van der Waals surface area (Å²) in [5.74, 6) is -0.0932. The van der Waals surface area contributed by atoms with Crippen LogP contribution in [0.25, 0.3) is 5.57 Å². The fourth-order valence-electron chi connectivity index (χ4n) is 2.56. The Morgan fingerprint density at radius 2 is 1.67 bits per heavy atom. The summed E-state index contributed by atoms with van der Waals surface area (Å²) in [5.41, 5.74) is 4.89. The van der Waals surface area contributed by atoms with Crippen molar-refractivity contribution in [3.63, 3.8) is 0 Å². The lowest BCUT2D eigenvalue weighted by Crippen LogP contribution is -1.92.